The van der Waals surface area contributed by atoms with Crippen LogP contribution in [0.4, 0.5) is 0 Å². The molecule has 0 saturated carbocycles. The first kappa shape index (κ1) is 16.0. The molecule has 0 fully saturated rings. The van der Waals surface area contributed by atoms with Gasteiger partial charge in [0.1, 0.15) is 9.84 Å². The molecule has 0 aromatic carbocycles. The van der Waals surface area contributed by atoms with Crippen molar-refractivity contribution in [2.45, 2.75) is 19.9 Å². The number of hydrogen-bond donors (Lipinski definition) is 2. The Hall–Kier alpha value is -1.08. The first-order valence-corrected chi connectivity index (χ1v) is 9.02. The zero-order valence-electron chi connectivity index (χ0n) is 11.6. The van der Waals surface area contributed by atoms with Gasteiger partial charge in [-0.1, -0.05) is 6.92 Å². The maximum atomic E-state index is 11.0. The molecule has 7 heteroatoms. The van der Waals surface area contributed by atoms with Crippen molar-refractivity contribution in [2.24, 2.45) is 4.99 Å². The van der Waals surface area contributed by atoms with Crippen LogP contribution < -0.4 is 10.6 Å². The second-order valence-corrected chi connectivity index (χ2v) is 7.72. The fourth-order valence-corrected chi connectivity index (χ4v) is 2.82. The van der Waals surface area contributed by atoms with E-state index in [2.05, 4.69) is 34.7 Å². The number of nitrogens with zero attached hydrogens (tertiary/aromatic N) is 1. The Morgan fingerprint density at radius 3 is 2.53 bits per heavy atom. The molecule has 1 aromatic rings. The normalized spacial score (nSPS) is 12.5. The van der Waals surface area contributed by atoms with Crippen LogP contribution in [0.25, 0.3) is 0 Å². The molecule has 2 N–H and O–H groups in total. The van der Waals surface area contributed by atoms with Crippen LogP contribution in [0.2, 0.25) is 0 Å². The van der Waals surface area contributed by atoms with Crippen LogP contribution >= 0.6 is 11.3 Å². The summed E-state index contributed by atoms with van der Waals surface area (Å²) in [6.07, 6.45) is 2.27. The van der Waals surface area contributed by atoms with E-state index in [1.54, 1.807) is 18.4 Å². The molecule has 0 spiro atoms. The molecule has 5 nitrogen and oxygen atoms in total. The second kappa shape index (κ2) is 7.49. The van der Waals surface area contributed by atoms with Crippen LogP contribution in [0.1, 0.15) is 16.7 Å². The van der Waals surface area contributed by atoms with Gasteiger partial charge in [-0.25, -0.2) is 8.42 Å². The van der Waals surface area contributed by atoms with E-state index in [9.17, 15) is 8.42 Å². The monoisotopic (exact) mass is 303 g/mol. The molecule has 108 valence electrons. The van der Waals surface area contributed by atoms with Gasteiger partial charge in [-0.2, -0.15) is 0 Å². The number of rotatable bonds is 6. The zero-order valence-corrected chi connectivity index (χ0v) is 13.2. The van der Waals surface area contributed by atoms with Crippen LogP contribution in [-0.4, -0.2) is 40.0 Å². The Morgan fingerprint density at radius 1 is 1.32 bits per heavy atom. The Kier molecular flexibility index (Phi) is 6.30. The minimum Gasteiger partial charge on any atom is -0.355 e. The molecule has 0 aliphatic heterocycles. The molecule has 0 saturated heterocycles. The zero-order chi connectivity index (χ0) is 14.3. The topological polar surface area (TPSA) is 70.6 Å². The number of guanidine groups is 1. The third-order valence-electron chi connectivity index (χ3n) is 2.48. The van der Waals surface area contributed by atoms with Gasteiger partial charge in [0.05, 0.1) is 12.3 Å². The second-order valence-electron chi connectivity index (χ2n) is 4.20. The Morgan fingerprint density at radius 2 is 2.00 bits per heavy atom. The summed E-state index contributed by atoms with van der Waals surface area (Å²) >= 11 is 1.77. The highest BCUT2D eigenvalue weighted by Crippen LogP contribution is 2.16. The van der Waals surface area contributed by atoms with Gasteiger partial charge in [-0.3, -0.25) is 4.99 Å². The molecular formula is C12H21N3O2S2. The van der Waals surface area contributed by atoms with E-state index in [-0.39, 0.29) is 5.75 Å². The van der Waals surface area contributed by atoms with Crippen molar-refractivity contribution in [3.8, 4) is 0 Å². The van der Waals surface area contributed by atoms with E-state index in [1.165, 1.54) is 16.0 Å². The Bertz CT molecular complexity index is 521. The third-order valence-corrected chi connectivity index (χ3v) is 4.66. The molecule has 0 unspecified atom stereocenters. The molecule has 0 amide bonds. The van der Waals surface area contributed by atoms with Gasteiger partial charge in [-0.15, -0.1) is 11.3 Å². The van der Waals surface area contributed by atoms with Crippen molar-refractivity contribution in [1.82, 2.24) is 10.6 Å². The highest BCUT2D eigenvalue weighted by Gasteiger charge is 2.04. The van der Waals surface area contributed by atoms with E-state index in [4.69, 9.17) is 0 Å². The fraction of sp³-hybridized carbons (Fsp3) is 0.583. The Balaban J connectivity index is 2.37. The summed E-state index contributed by atoms with van der Waals surface area (Å²) in [5, 5.41) is 6.15. The molecule has 0 atom stereocenters. The summed E-state index contributed by atoms with van der Waals surface area (Å²) in [6, 6.07) is 4.22. The predicted octanol–water partition coefficient (Wildman–Crippen LogP) is 1.02. The number of sulfone groups is 1. The van der Waals surface area contributed by atoms with Gasteiger partial charge in [0, 0.05) is 29.6 Å². The van der Waals surface area contributed by atoms with Crippen LogP contribution in [0.3, 0.4) is 0 Å². The summed E-state index contributed by atoms with van der Waals surface area (Å²) in [6.45, 7) is 3.20. The van der Waals surface area contributed by atoms with Crippen LogP contribution in [0, 0.1) is 0 Å². The maximum absolute atomic E-state index is 11.0. The number of thiophene rings is 1. The quantitative estimate of drug-likeness (QED) is 0.608. The molecule has 1 heterocycles. The molecule has 1 rings (SSSR count). The average molecular weight is 303 g/mol. The molecule has 0 bridgehead atoms. The average Bonchev–Trinajstić information content (AvgIpc) is 2.80. The predicted molar refractivity (Wildman–Crippen MR) is 81.6 cm³/mol. The largest absolute Gasteiger partial charge is 0.355 e. The van der Waals surface area contributed by atoms with Crippen molar-refractivity contribution in [3.63, 3.8) is 0 Å². The number of aryl methyl sites for hydroxylation is 1. The Labute approximate surface area is 119 Å². The molecule has 0 aliphatic rings. The highest BCUT2D eigenvalue weighted by atomic mass is 32.2. The third kappa shape index (κ3) is 6.58. The van der Waals surface area contributed by atoms with Crippen LogP contribution in [0.5, 0.6) is 0 Å². The minimum atomic E-state index is -2.94. The van der Waals surface area contributed by atoms with E-state index >= 15 is 0 Å². The SMILES string of the molecule is CCc1ccc(CNC(=NC)NCCS(C)(=O)=O)s1. The number of nitrogens with one attached hydrogen (secondary N) is 2. The lowest BCUT2D eigenvalue weighted by Gasteiger charge is -2.10. The molecular weight excluding hydrogens is 282 g/mol. The number of aliphatic imine (C=N–C) groups is 1. The van der Waals surface area contributed by atoms with Gasteiger partial charge >= 0.3 is 0 Å². The van der Waals surface area contributed by atoms with E-state index in [0.29, 0.717) is 19.0 Å². The lowest BCUT2D eigenvalue weighted by atomic mass is 10.4. The lowest BCUT2D eigenvalue weighted by Crippen LogP contribution is -2.38. The van der Waals surface area contributed by atoms with Crippen molar-refractivity contribution in [2.75, 3.05) is 25.6 Å². The number of hydrogen-bond acceptors (Lipinski definition) is 4. The van der Waals surface area contributed by atoms with E-state index < -0.39 is 9.84 Å². The van der Waals surface area contributed by atoms with Crippen LogP contribution in [-0.2, 0) is 22.8 Å². The summed E-state index contributed by atoms with van der Waals surface area (Å²) in [4.78, 5) is 6.65. The summed E-state index contributed by atoms with van der Waals surface area (Å²) in [7, 11) is -1.27. The van der Waals surface area contributed by atoms with Gasteiger partial charge < -0.3 is 10.6 Å². The van der Waals surface area contributed by atoms with E-state index in [0.717, 1.165) is 6.42 Å². The van der Waals surface area contributed by atoms with Crippen molar-refractivity contribution >= 4 is 27.1 Å². The molecule has 1 aromatic heterocycles. The molecule has 0 radical (unpaired) electrons. The van der Waals surface area contributed by atoms with Crippen molar-refractivity contribution in [3.05, 3.63) is 21.9 Å². The first-order valence-electron chi connectivity index (χ1n) is 6.14. The smallest absolute Gasteiger partial charge is 0.191 e. The lowest BCUT2D eigenvalue weighted by molar-refractivity contribution is 0.600. The molecule has 19 heavy (non-hydrogen) atoms. The van der Waals surface area contributed by atoms with Crippen molar-refractivity contribution < 1.29 is 8.42 Å². The first-order chi connectivity index (χ1) is 8.94. The standard InChI is InChI=1S/C12H21N3O2S2/c1-4-10-5-6-11(18-10)9-15-12(13-2)14-7-8-19(3,16)17/h5-6H,4,7-9H2,1-3H3,(H2,13,14,15). The maximum Gasteiger partial charge on any atom is 0.191 e. The molecule has 0 aliphatic carbocycles. The summed E-state index contributed by atoms with van der Waals surface area (Å²) in [5.41, 5.74) is 0. The van der Waals surface area contributed by atoms with Gasteiger partial charge in [0.15, 0.2) is 5.96 Å². The minimum absolute atomic E-state index is 0.104. The summed E-state index contributed by atoms with van der Waals surface area (Å²) in [5.74, 6) is 0.724. The fourth-order valence-electron chi connectivity index (χ4n) is 1.45. The highest BCUT2D eigenvalue weighted by molar-refractivity contribution is 7.90. The van der Waals surface area contributed by atoms with Gasteiger partial charge in [0.2, 0.25) is 0 Å². The van der Waals surface area contributed by atoms with Crippen molar-refractivity contribution in [1.29, 1.82) is 0 Å². The van der Waals surface area contributed by atoms with Gasteiger partial charge in [-0.05, 0) is 18.6 Å². The van der Waals surface area contributed by atoms with Crippen LogP contribution in [0.15, 0.2) is 17.1 Å². The summed E-state index contributed by atoms with van der Waals surface area (Å²) < 4.78 is 22.0. The van der Waals surface area contributed by atoms with E-state index in [1.807, 2.05) is 0 Å². The van der Waals surface area contributed by atoms with Gasteiger partial charge in [0.25, 0.3) is 0 Å².